The topological polar surface area (TPSA) is 54.9 Å². The van der Waals surface area contributed by atoms with E-state index in [9.17, 15) is 4.79 Å². The van der Waals surface area contributed by atoms with E-state index < -0.39 is 0 Å². The molecular formula is C11H6BrCl2N3O. The zero-order valence-corrected chi connectivity index (χ0v) is 11.9. The smallest absolute Gasteiger partial charge is 0.257 e. The Morgan fingerprint density at radius 2 is 1.94 bits per heavy atom. The molecule has 2 rings (SSSR count). The second-order valence-electron chi connectivity index (χ2n) is 3.29. The molecule has 0 saturated heterocycles. The molecule has 4 nitrogen and oxygen atoms in total. The largest absolute Gasteiger partial charge is 0.306 e. The van der Waals surface area contributed by atoms with Crippen molar-refractivity contribution in [2.75, 3.05) is 5.32 Å². The van der Waals surface area contributed by atoms with Crippen LogP contribution in [0.2, 0.25) is 10.3 Å². The lowest BCUT2D eigenvalue weighted by Gasteiger charge is -2.06. The van der Waals surface area contributed by atoms with E-state index in [0.717, 1.165) is 0 Å². The van der Waals surface area contributed by atoms with Crippen LogP contribution in [0.4, 0.5) is 5.82 Å². The van der Waals surface area contributed by atoms with Crippen molar-refractivity contribution in [3.63, 3.8) is 0 Å². The fourth-order valence-electron chi connectivity index (χ4n) is 1.25. The van der Waals surface area contributed by atoms with E-state index in [1.807, 2.05) is 0 Å². The molecule has 2 heterocycles. The minimum atomic E-state index is -0.361. The van der Waals surface area contributed by atoms with Crippen LogP contribution in [0.25, 0.3) is 0 Å². The van der Waals surface area contributed by atoms with E-state index in [-0.39, 0.29) is 16.2 Å². The van der Waals surface area contributed by atoms with Crippen LogP contribution >= 0.6 is 39.1 Å². The first-order valence-corrected chi connectivity index (χ1v) is 6.36. The van der Waals surface area contributed by atoms with Gasteiger partial charge in [-0.25, -0.2) is 9.97 Å². The van der Waals surface area contributed by atoms with E-state index in [2.05, 4.69) is 31.2 Å². The summed E-state index contributed by atoms with van der Waals surface area (Å²) in [5.41, 5.74) is 0.317. The highest BCUT2D eigenvalue weighted by Gasteiger charge is 2.11. The molecule has 0 aliphatic carbocycles. The first-order valence-electron chi connectivity index (χ1n) is 4.81. The second kappa shape index (κ2) is 5.65. The molecule has 1 N–H and O–H groups in total. The van der Waals surface area contributed by atoms with Crippen molar-refractivity contribution < 1.29 is 4.79 Å². The Morgan fingerprint density at radius 3 is 2.56 bits per heavy atom. The summed E-state index contributed by atoms with van der Waals surface area (Å²) in [6.45, 7) is 0. The van der Waals surface area contributed by atoms with Crippen LogP contribution in [0.1, 0.15) is 10.4 Å². The van der Waals surface area contributed by atoms with Gasteiger partial charge < -0.3 is 5.32 Å². The third-order valence-corrected chi connectivity index (χ3v) is 3.04. The van der Waals surface area contributed by atoms with Crippen LogP contribution in [0, 0.1) is 0 Å². The van der Waals surface area contributed by atoms with Crippen LogP contribution in [0.5, 0.6) is 0 Å². The Bertz CT molecular complexity index is 586. The number of nitrogens with zero attached hydrogens (tertiary/aromatic N) is 2. The number of carbonyl (C=O) groups excluding carboxylic acids is 1. The maximum Gasteiger partial charge on any atom is 0.257 e. The number of hydrogen-bond acceptors (Lipinski definition) is 3. The molecule has 7 heteroatoms. The minimum Gasteiger partial charge on any atom is -0.306 e. The summed E-state index contributed by atoms with van der Waals surface area (Å²) in [5.74, 6) is 0.0622. The predicted molar refractivity (Wildman–Crippen MR) is 74.1 cm³/mol. The summed E-state index contributed by atoms with van der Waals surface area (Å²) in [7, 11) is 0. The Morgan fingerprint density at radius 1 is 1.28 bits per heavy atom. The number of amides is 1. The number of hydrogen-bond donors (Lipinski definition) is 1. The van der Waals surface area contributed by atoms with Crippen molar-refractivity contribution in [1.82, 2.24) is 9.97 Å². The standard InChI is InChI=1S/C11H6BrCl2N3O/c12-7-2-1-3-15-10(7)17-11(18)6-4-8(13)16-9(14)5-6/h1-5H,(H,15,17,18). The zero-order valence-electron chi connectivity index (χ0n) is 8.82. The molecule has 92 valence electrons. The molecule has 1 amide bonds. The lowest BCUT2D eigenvalue weighted by molar-refractivity contribution is 0.102. The molecular weight excluding hydrogens is 341 g/mol. The number of anilines is 1. The number of halogens is 3. The highest BCUT2D eigenvalue weighted by Crippen LogP contribution is 2.20. The third-order valence-electron chi connectivity index (χ3n) is 2.02. The SMILES string of the molecule is O=C(Nc1ncccc1Br)c1cc(Cl)nc(Cl)c1. The van der Waals surface area contributed by atoms with Crippen LogP contribution in [0.15, 0.2) is 34.9 Å². The molecule has 0 spiro atoms. The average Bonchev–Trinajstić information content (AvgIpc) is 2.31. The Labute approximate surface area is 121 Å². The molecule has 0 aromatic carbocycles. The molecule has 0 aliphatic rings. The van der Waals surface area contributed by atoms with Gasteiger partial charge in [-0.1, -0.05) is 23.2 Å². The Hall–Kier alpha value is -1.17. The van der Waals surface area contributed by atoms with Gasteiger partial charge in [-0.15, -0.1) is 0 Å². The molecule has 0 saturated carbocycles. The molecule has 0 unspecified atom stereocenters. The van der Waals surface area contributed by atoms with Crippen LogP contribution in [-0.2, 0) is 0 Å². The minimum absolute atomic E-state index is 0.160. The Balaban J connectivity index is 2.25. The number of carbonyl (C=O) groups is 1. The lowest BCUT2D eigenvalue weighted by Crippen LogP contribution is -2.13. The molecule has 0 aliphatic heterocycles. The van der Waals surface area contributed by atoms with Crippen LogP contribution in [-0.4, -0.2) is 15.9 Å². The number of rotatable bonds is 2. The fraction of sp³-hybridized carbons (Fsp3) is 0. The van der Waals surface area contributed by atoms with E-state index in [0.29, 0.717) is 15.9 Å². The van der Waals surface area contributed by atoms with Crippen LogP contribution in [0.3, 0.4) is 0 Å². The summed E-state index contributed by atoms with van der Waals surface area (Å²) < 4.78 is 0.685. The Kier molecular flexibility index (Phi) is 4.16. The van der Waals surface area contributed by atoms with Crippen molar-refractivity contribution in [3.05, 3.63) is 50.8 Å². The van der Waals surface area contributed by atoms with Crippen molar-refractivity contribution >= 4 is 50.9 Å². The van der Waals surface area contributed by atoms with Crippen molar-refractivity contribution in [3.8, 4) is 0 Å². The molecule has 2 aromatic heterocycles. The number of pyridine rings is 2. The molecule has 0 atom stereocenters. The molecule has 2 aromatic rings. The normalized spacial score (nSPS) is 10.2. The first kappa shape index (κ1) is 13.3. The van der Waals surface area contributed by atoms with Crippen molar-refractivity contribution in [2.24, 2.45) is 0 Å². The first-order chi connectivity index (χ1) is 8.56. The molecule has 18 heavy (non-hydrogen) atoms. The van der Waals surface area contributed by atoms with Crippen LogP contribution < -0.4 is 5.32 Å². The summed E-state index contributed by atoms with van der Waals surface area (Å²) in [6, 6.07) is 6.38. The summed E-state index contributed by atoms with van der Waals surface area (Å²) in [4.78, 5) is 19.7. The molecule has 0 bridgehead atoms. The average molecular weight is 347 g/mol. The quantitative estimate of drug-likeness (QED) is 0.841. The summed E-state index contributed by atoms with van der Waals surface area (Å²) in [6.07, 6.45) is 1.58. The molecule has 0 fully saturated rings. The van der Waals surface area contributed by atoms with Gasteiger partial charge >= 0.3 is 0 Å². The van der Waals surface area contributed by atoms with Gasteiger partial charge in [0.2, 0.25) is 0 Å². The van der Waals surface area contributed by atoms with E-state index in [1.165, 1.54) is 12.1 Å². The van der Waals surface area contributed by atoms with E-state index >= 15 is 0 Å². The maximum absolute atomic E-state index is 12.0. The van der Waals surface area contributed by atoms with Crippen molar-refractivity contribution in [1.29, 1.82) is 0 Å². The highest BCUT2D eigenvalue weighted by molar-refractivity contribution is 9.10. The zero-order chi connectivity index (χ0) is 13.1. The van der Waals surface area contributed by atoms with Gasteiger partial charge in [0.25, 0.3) is 5.91 Å². The summed E-state index contributed by atoms with van der Waals surface area (Å²) >= 11 is 14.7. The van der Waals surface area contributed by atoms with Gasteiger partial charge in [0.15, 0.2) is 0 Å². The van der Waals surface area contributed by atoms with Gasteiger partial charge in [0.1, 0.15) is 16.1 Å². The van der Waals surface area contributed by atoms with E-state index in [1.54, 1.807) is 18.3 Å². The lowest BCUT2D eigenvalue weighted by atomic mass is 10.2. The van der Waals surface area contributed by atoms with Gasteiger partial charge in [-0.2, -0.15) is 0 Å². The number of nitrogens with one attached hydrogen (secondary N) is 1. The third kappa shape index (κ3) is 3.19. The highest BCUT2D eigenvalue weighted by atomic mass is 79.9. The maximum atomic E-state index is 12.0. The monoisotopic (exact) mass is 345 g/mol. The predicted octanol–water partition coefficient (Wildman–Crippen LogP) is 3.80. The summed E-state index contributed by atoms with van der Waals surface area (Å²) in [5, 5.41) is 2.96. The number of aromatic nitrogens is 2. The second-order valence-corrected chi connectivity index (χ2v) is 4.92. The molecule has 0 radical (unpaired) electrons. The van der Waals surface area contributed by atoms with Gasteiger partial charge in [0, 0.05) is 11.8 Å². The fourth-order valence-corrected chi connectivity index (χ4v) is 2.07. The van der Waals surface area contributed by atoms with Gasteiger partial charge in [-0.3, -0.25) is 4.79 Å². The van der Waals surface area contributed by atoms with Crippen molar-refractivity contribution in [2.45, 2.75) is 0 Å². The van der Waals surface area contributed by atoms with E-state index in [4.69, 9.17) is 23.2 Å². The van der Waals surface area contributed by atoms with Gasteiger partial charge in [0.05, 0.1) is 4.47 Å². The van der Waals surface area contributed by atoms with Gasteiger partial charge in [-0.05, 0) is 40.2 Å².